The van der Waals surface area contributed by atoms with Crippen LogP contribution < -0.4 is 10.1 Å². The van der Waals surface area contributed by atoms with Crippen molar-refractivity contribution in [3.8, 4) is 5.75 Å². The highest BCUT2D eigenvalue weighted by atomic mass is 16.5. The molecule has 2 aromatic carbocycles. The van der Waals surface area contributed by atoms with Crippen molar-refractivity contribution >= 4 is 28.6 Å². The zero-order chi connectivity index (χ0) is 20.4. The fourth-order valence-corrected chi connectivity index (χ4v) is 3.65. The number of nitrogens with one attached hydrogen (secondary N) is 1. The first-order valence-electron chi connectivity index (χ1n) is 9.98. The summed E-state index contributed by atoms with van der Waals surface area (Å²) >= 11 is 0. The van der Waals surface area contributed by atoms with Crippen molar-refractivity contribution in [2.45, 2.75) is 31.7 Å². The van der Waals surface area contributed by atoms with E-state index in [1.807, 2.05) is 24.3 Å². The van der Waals surface area contributed by atoms with Gasteiger partial charge in [0.25, 0.3) is 11.8 Å². The van der Waals surface area contributed by atoms with Crippen molar-refractivity contribution in [2.24, 2.45) is 5.92 Å². The lowest BCUT2D eigenvalue weighted by atomic mass is 9.96. The Morgan fingerprint density at radius 1 is 1.03 bits per heavy atom. The maximum Gasteiger partial charge on any atom is 0.306 e. The van der Waals surface area contributed by atoms with Crippen LogP contribution in [0, 0.1) is 5.92 Å². The highest BCUT2D eigenvalue weighted by molar-refractivity contribution is 6.02. The van der Waals surface area contributed by atoms with Crippen LogP contribution in [0.1, 0.15) is 36.0 Å². The molecular formula is C22H24N2O5. The van der Waals surface area contributed by atoms with E-state index in [0.29, 0.717) is 37.2 Å². The van der Waals surface area contributed by atoms with Gasteiger partial charge in [-0.15, -0.1) is 0 Å². The van der Waals surface area contributed by atoms with Gasteiger partial charge in [0.1, 0.15) is 5.75 Å². The smallest absolute Gasteiger partial charge is 0.306 e. The molecule has 152 valence electrons. The number of fused-ring (bicyclic) bond motifs is 1. The molecule has 1 aliphatic carbocycles. The predicted octanol–water partition coefficient (Wildman–Crippen LogP) is 2.43. The number of carbonyl (C=O) groups excluding carboxylic acids is 2. The van der Waals surface area contributed by atoms with E-state index in [2.05, 4.69) is 5.32 Å². The minimum Gasteiger partial charge on any atom is -0.483 e. The number of hydrogen-bond acceptors (Lipinski definition) is 4. The summed E-state index contributed by atoms with van der Waals surface area (Å²) in [5.41, 5.74) is 0.400. The molecule has 2 N–H and O–H groups in total. The quantitative estimate of drug-likeness (QED) is 0.782. The molecule has 0 bridgehead atoms. The Balaban J connectivity index is 1.54. The van der Waals surface area contributed by atoms with Gasteiger partial charge in [-0.25, -0.2) is 0 Å². The number of ether oxygens (including phenoxy) is 1. The Labute approximate surface area is 168 Å². The van der Waals surface area contributed by atoms with Crippen molar-refractivity contribution in [3.05, 3.63) is 42.0 Å². The number of amides is 2. The molecule has 1 saturated heterocycles. The number of nitrogens with zero attached hydrogens (tertiary/aromatic N) is 1. The van der Waals surface area contributed by atoms with E-state index in [-0.39, 0.29) is 24.5 Å². The minimum atomic E-state index is -0.812. The van der Waals surface area contributed by atoms with E-state index in [4.69, 9.17) is 4.74 Å². The number of carboxylic acid groups (broad SMARTS) is 1. The van der Waals surface area contributed by atoms with Crippen molar-refractivity contribution < 1.29 is 24.2 Å². The molecule has 2 aromatic rings. The fraction of sp³-hybridized carbons (Fsp3) is 0.409. The number of hydrogen-bond donors (Lipinski definition) is 2. The van der Waals surface area contributed by atoms with Crippen LogP contribution in [0.2, 0.25) is 0 Å². The van der Waals surface area contributed by atoms with E-state index in [0.717, 1.165) is 23.6 Å². The number of carbonyl (C=O) groups is 3. The molecule has 4 rings (SSSR count). The lowest BCUT2D eigenvalue weighted by Gasteiger charge is -2.30. The van der Waals surface area contributed by atoms with Gasteiger partial charge in [-0.05, 0) is 48.6 Å². The molecule has 0 radical (unpaired) electrons. The van der Waals surface area contributed by atoms with Crippen LogP contribution in [0.5, 0.6) is 5.75 Å². The third kappa shape index (κ3) is 4.50. The minimum absolute atomic E-state index is 0.143. The summed E-state index contributed by atoms with van der Waals surface area (Å²) in [7, 11) is 0. The third-order valence-electron chi connectivity index (χ3n) is 5.51. The topological polar surface area (TPSA) is 95.9 Å². The zero-order valence-corrected chi connectivity index (χ0v) is 16.1. The number of benzene rings is 2. The first kappa shape index (κ1) is 19.2. The van der Waals surface area contributed by atoms with Gasteiger partial charge in [0.15, 0.2) is 6.61 Å². The van der Waals surface area contributed by atoms with Gasteiger partial charge in [0.05, 0.1) is 11.5 Å². The Hall–Kier alpha value is -3.09. The second kappa shape index (κ2) is 8.11. The molecule has 29 heavy (non-hydrogen) atoms. The summed E-state index contributed by atoms with van der Waals surface area (Å²) in [5.74, 6) is -1.23. The summed E-state index contributed by atoms with van der Waals surface area (Å²) in [6, 6.07) is 11.5. The number of likely N-dealkylation sites (tertiary alicyclic amines) is 1. The average molecular weight is 396 g/mol. The van der Waals surface area contributed by atoms with Gasteiger partial charge in [0.2, 0.25) is 0 Å². The van der Waals surface area contributed by atoms with Crippen molar-refractivity contribution in [1.29, 1.82) is 0 Å². The molecule has 7 heteroatoms. The molecule has 0 atom stereocenters. The van der Waals surface area contributed by atoms with Gasteiger partial charge in [-0.2, -0.15) is 0 Å². The Kier molecular flexibility index (Phi) is 5.38. The second-order valence-electron chi connectivity index (χ2n) is 7.73. The van der Waals surface area contributed by atoms with Crippen molar-refractivity contribution in [3.63, 3.8) is 0 Å². The Morgan fingerprint density at radius 3 is 2.31 bits per heavy atom. The number of carboxylic acids is 1. The van der Waals surface area contributed by atoms with E-state index in [1.54, 1.807) is 17.0 Å². The molecule has 2 fully saturated rings. The molecule has 2 aliphatic rings. The van der Waals surface area contributed by atoms with Crippen molar-refractivity contribution in [2.75, 3.05) is 19.7 Å². The van der Waals surface area contributed by atoms with E-state index >= 15 is 0 Å². The highest BCUT2D eigenvalue weighted by Crippen LogP contribution is 2.29. The summed E-state index contributed by atoms with van der Waals surface area (Å²) in [6.45, 7) is 0.644. The summed E-state index contributed by atoms with van der Waals surface area (Å²) in [4.78, 5) is 38.0. The van der Waals surface area contributed by atoms with Crippen LogP contribution >= 0.6 is 0 Å². The predicted molar refractivity (Wildman–Crippen MR) is 107 cm³/mol. The zero-order valence-electron chi connectivity index (χ0n) is 16.1. The lowest BCUT2D eigenvalue weighted by molar-refractivity contribution is -0.143. The molecule has 2 amide bonds. The van der Waals surface area contributed by atoms with Crippen LogP contribution in [0.15, 0.2) is 36.4 Å². The summed E-state index contributed by atoms with van der Waals surface area (Å²) in [6.07, 6.45) is 2.87. The largest absolute Gasteiger partial charge is 0.483 e. The number of piperidine rings is 1. The van der Waals surface area contributed by atoms with Gasteiger partial charge >= 0.3 is 5.97 Å². The van der Waals surface area contributed by atoms with Crippen LogP contribution in [0.4, 0.5) is 0 Å². The SMILES string of the molecule is O=C(COc1cc2ccccc2cc1C(=O)N1CCC(C(=O)O)CC1)NC1CC1. The van der Waals surface area contributed by atoms with Gasteiger partial charge in [-0.3, -0.25) is 14.4 Å². The molecular weight excluding hydrogens is 372 g/mol. The molecule has 1 saturated carbocycles. The Bertz CT molecular complexity index is 945. The van der Waals surface area contributed by atoms with E-state index in [9.17, 15) is 19.5 Å². The maximum atomic E-state index is 13.2. The van der Waals surface area contributed by atoms with Crippen LogP contribution in [0.25, 0.3) is 10.8 Å². The Morgan fingerprint density at radius 2 is 1.69 bits per heavy atom. The van der Waals surface area contributed by atoms with Gasteiger partial charge in [-0.1, -0.05) is 24.3 Å². The molecule has 1 aliphatic heterocycles. The monoisotopic (exact) mass is 396 g/mol. The van der Waals surface area contributed by atoms with E-state index < -0.39 is 11.9 Å². The molecule has 7 nitrogen and oxygen atoms in total. The lowest BCUT2D eigenvalue weighted by Crippen LogP contribution is -2.40. The van der Waals surface area contributed by atoms with Gasteiger partial charge < -0.3 is 20.1 Å². The van der Waals surface area contributed by atoms with Crippen LogP contribution in [0.3, 0.4) is 0 Å². The second-order valence-corrected chi connectivity index (χ2v) is 7.73. The third-order valence-corrected chi connectivity index (χ3v) is 5.51. The van der Waals surface area contributed by atoms with Gasteiger partial charge in [0, 0.05) is 19.1 Å². The van der Waals surface area contributed by atoms with Crippen LogP contribution in [-0.2, 0) is 9.59 Å². The fourth-order valence-electron chi connectivity index (χ4n) is 3.65. The molecule has 0 spiro atoms. The molecule has 0 unspecified atom stereocenters. The normalized spacial score (nSPS) is 17.2. The number of rotatable bonds is 6. The van der Waals surface area contributed by atoms with E-state index in [1.165, 1.54) is 0 Å². The molecule has 1 heterocycles. The number of aliphatic carboxylic acids is 1. The molecule has 0 aromatic heterocycles. The highest BCUT2D eigenvalue weighted by Gasteiger charge is 2.29. The summed E-state index contributed by atoms with van der Waals surface area (Å²) < 4.78 is 5.75. The maximum absolute atomic E-state index is 13.2. The summed E-state index contributed by atoms with van der Waals surface area (Å²) in [5, 5.41) is 13.9. The first-order chi connectivity index (χ1) is 14.0. The standard InChI is InChI=1S/C22H24N2O5/c25-20(23-17-5-6-17)13-29-19-12-16-4-2-1-3-15(16)11-18(19)21(26)24-9-7-14(8-10-24)22(27)28/h1-4,11-12,14,17H,5-10,13H2,(H,23,25)(H,27,28). The van der Waals surface area contributed by atoms with Crippen molar-refractivity contribution in [1.82, 2.24) is 10.2 Å². The van der Waals surface area contributed by atoms with Crippen LogP contribution in [-0.4, -0.2) is 53.5 Å². The first-order valence-corrected chi connectivity index (χ1v) is 9.98. The average Bonchev–Trinajstić information content (AvgIpc) is 3.55.